The molecule has 1 saturated carbocycles. The number of amides is 1. The molecule has 1 aromatic carbocycles. The number of carbonyl (C=O) groups excluding carboxylic acids is 1. The number of nitrogens with two attached hydrogens (primary N) is 1. The van der Waals surface area contributed by atoms with Gasteiger partial charge in [0, 0.05) is 11.6 Å². The molecule has 3 unspecified atom stereocenters. The van der Waals surface area contributed by atoms with Gasteiger partial charge in [0.1, 0.15) is 0 Å². The molecule has 0 aliphatic heterocycles. The minimum atomic E-state index is -0.0227. The molecule has 3 nitrogen and oxygen atoms in total. The van der Waals surface area contributed by atoms with Crippen molar-refractivity contribution in [3.8, 4) is 11.8 Å². The fraction of sp³-hybridized carbons (Fsp3) is 0.500. The lowest BCUT2D eigenvalue weighted by molar-refractivity contribution is 0.0926. The van der Waals surface area contributed by atoms with Gasteiger partial charge in [-0.2, -0.15) is 0 Å². The highest BCUT2D eigenvalue weighted by molar-refractivity contribution is 5.96. The van der Waals surface area contributed by atoms with E-state index in [-0.39, 0.29) is 11.9 Å². The van der Waals surface area contributed by atoms with Crippen LogP contribution >= 0.6 is 0 Å². The van der Waals surface area contributed by atoms with E-state index in [1.165, 1.54) is 12.8 Å². The maximum Gasteiger partial charge on any atom is 0.252 e. The normalized spacial score (nSPS) is 24.2. The minimum absolute atomic E-state index is 0.0227. The molecular weight excluding hydrogens is 260 g/mol. The van der Waals surface area contributed by atoms with Crippen LogP contribution < -0.4 is 11.1 Å². The first kappa shape index (κ1) is 15.6. The molecule has 0 spiro atoms. The van der Waals surface area contributed by atoms with E-state index in [0.29, 0.717) is 18.0 Å². The van der Waals surface area contributed by atoms with E-state index in [9.17, 15) is 4.79 Å². The Morgan fingerprint density at radius 1 is 1.38 bits per heavy atom. The number of hydrogen-bond acceptors (Lipinski definition) is 2. The average molecular weight is 284 g/mol. The van der Waals surface area contributed by atoms with Gasteiger partial charge in [0.25, 0.3) is 5.91 Å². The third-order valence-corrected chi connectivity index (χ3v) is 4.56. The SMILES string of the molecule is CCC1CCC(NC(=O)c2ccccc2C#CCN)C1C. The van der Waals surface area contributed by atoms with Gasteiger partial charge < -0.3 is 11.1 Å². The van der Waals surface area contributed by atoms with Crippen molar-refractivity contribution in [1.29, 1.82) is 0 Å². The first-order chi connectivity index (χ1) is 10.2. The van der Waals surface area contributed by atoms with Gasteiger partial charge >= 0.3 is 0 Å². The van der Waals surface area contributed by atoms with Gasteiger partial charge in [-0.05, 0) is 36.8 Å². The summed E-state index contributed by atoms with van der Waals surface area (Å²) < 4.78 is 0. The summed E-state index contributed by atoms with van der Waals surface area (Å²) in [6.07, 6.45) is 3.46. The topological polar surface area (TPSA) is 55.1 Å². The van der Waals surface area contributed by atoms with Crippen LogP contribution in [0.3, 0.4) is 0 Å². The van der Waals surface area contributed by atoms with Crippen LogP contribution in [-0.4, -0.2) is 18.5 Å². The first-order valence-corrected chi connectivity index (χ1v) is 7.76. The summed E-state index contributed by atoms with van der Waals surface area (Å²) in [6, 6.07) is 7.73. The van der Waals surface area contributed by atoms with Gasteiger partial charge in [0.2, 0.25) is 0 Å². The highest BCUT2D eigenvalue weighted by Crippen LogP contribution is 2.34. The second-order valence-electron chi connectivity index (χ2n) is 5.74. The monoisotopic (exact) mass is 284 g/mol. The Balaban J connectivity index is 2.11. The zero-order valence-corrected chi connectivity index (χ0v) is 12.9. The third kappa shape index (κ3) is 3.65. The molecule has 0 heterocycles. The minimum Gasteiger partial charge on any atom is -0.349 e. The maximum absolute atomic E-state index is 12.5. The van der Waals surface area contributed by atoms with Gasteiger partial charge in [-0.3, -0.25) is 4.79 Å². The summed E-state index contributed by atoms with van der Waals surface area (Å²) in [6.45, 7) is 4.77. The Morgan fingerprint density at radius 3 is 2.81 bits per heavy atom. The van der Waals surface area contributed by atoms with Crippen LogP contribution in [0, 0.1) is 23.7 Å². The number of rotatable bonds is 3. The van der Waals surface area contributed by atoms with Crippen molar-refractivity contribution in [1.82, 2.24) is 5.32 Å². The standard InChI is InChI=1S/C18H24N2O/c1-3-14-10-11-17(13(14)2)20-18(21)16-9-5-4-7-15(16)8-6-12-19/h4-5,7,9,13-14,17H,3,10-12,19H2,1-2H3,(H,20,21). The smallest absolute Gasteiger partial charge is 0.252 e. The molecule has 21 heavy (non-hydrogen) atoms. The molecule has 0 aromatic heterocycles. The van der Waals surface area contributed by atoms with E-state index in [4.69, 9.17) is 5.73 Å². The molecular formula is C18H24N2O. The van der Waals surface area contributed by atoms with Gasteiger partial charge in [-0.15, -0.1) is 0 Å². The summed E-state index contributed by atoms with van der Waals surface area (Å²) in [5.41, 5.74) is 6.80. The molecule has 3 atom stereocenters. The Kier molecular flexibility index (Phi) is 5.41. The van der Waals surface area contributed by atoms with Crippen LogP contribution in [0.5, 0.6) is 0 Å². The molecule has 2 rings (SSSR count). The van der Waals surface area contributed by atoms with Gasteiger partial charge in [0.05, 0.1) is 12.1 Å². The second-order valence-corrected chi connectivity index (χ2v) is 5.74. The fourth-order valence-electron chi connectivity index (χ4n) is 3.21. The van der Waals surface area contributed by atoms with Crippen molar-refractivity contribution in [2.45, 2.75) is 39.2 Å². The maximum atomic E-state index is 12.5. The van der Waals surface area contributed by atoms with Crippen LogP contribution in [0.4, 0.5) is 0 Å². The highest BCUT2D eigenvalue weighted by Gasteiger charge is 2.32. The van der Waals surface area contributed by atoms with Crippen LogP contribution in [0.25, 0.3) is 0 Å². The van der Waals surface area contributed by atoms with Gasteiger partial charge in [0.15, 0.2) is 0 Å². The van der Waals surface area contributed by atoms with E-state index >= 15 is 0 Å². The van der Waals surface area contributed by atoms with Crippen molar-refractivity contribution in [2.24, 2.45) is 17.6 Å². The largest absolute Gasteiger partial charge is 0.349 e. The first-order valence-electron chi connectivity index (χ1n) is 7.76. The number of nitrogens with one attached hydrogen (secondary N) is 1. The molecule has 1 fully saturated rings. The molecule has 112 valence electrons. The van der Waals surface area contributed by atoms with E-state index in [0.717, 1.165) is 17.9 Å². The van der Waals surface area contributed by atoms with Crippen molar-refractivity contribution in [3.63, 3.8) is 0 Å². The zero-order valence-electron chi connectivity index (χ0n) is 12.9. The van der Waals surface area contributed by atoms with E-state index in [1.807, 2.05) is 24.3 Å². The Labute approximate surface area is 127 Å². The molecule has 3 heteroatoms. The Bertz CT molecular complexity index is 556. The lowest BCUT2D eigenvalue weighted by Crippen LogP contribution is -2.37. The van der Waals surface area contributed by atoms with Crippen LogP contribution in [0.2, 0.25) is 0 Å². The Hall–Kier alpha value is -1.79. The van der Waals surface area contributed by atoms with Crippen molar-refractivity contribution in [2.75, 3.05) is 6.54 Å². The summed E-state index contributed by atoms with van der Waals surface area (Å²) in [5, 5.41) is 3.19. The molecule has 1 aromatic rings. The van der Waals surface area contributed by atoms with Crippen LogP contribution in [0.15, 0.2) is 24.3 Å². The zero-order chi connectivity index (χ0) is 15.2. The van der Waals surface area contributed by atoms with Crippen molar-refractivity contribution in [3.05, 3.63) is 35.4 Å². The lowest BCUT2D eigenvalue weighted by atomic mass is 9.93. The van der Waals surface area contributed by atoms with E-state index < -0.39 is 0 Å². The highest BCUT2D eigenvalue weighted by atomic mass is 16.1. The fourth-order valence-corrected chi connectivity index (χ4v) is 3.21. The molecule has 0 saturated heterocycles. The summed E-state index contributed by atoms with van der Waals surface area (Å²) in [5.74, 6) is 7.04. The summed E-state index contributed by atoms with van der Waals surface area (Å²) in [7, 11) is 0. The third-order valence-electron chi connectivity index (χ3n) is 4.56. The quantitative estimate of drug-likeness (QED) is 0.838. The molecule has 3 N–H and O–H groups in total. The van der Waals surface area contributed by atoms with E-state index in [1.54, 1.807) is 0 Å². The molecule has 1 aliphatic carbocycles. The average Bonchev–Trinajstić information content (AvgIpc) is 2.85. The van der Waals surface area contributed by atoms with Crippen LogP contribution in [0.1, 0.15) is 49.0 Å². The molecule has 0 bridgehead atoms. The van der Waals surface area contributed by atoms with E-state index in [2.05, 4.69) is 31.0 Å². The number of carbonyl (C=O) groups is 1. The predicted molar refractivity (Wildman–Crippen MR) is 85.8 cm³/mol. The van der Waals surface area contributed by atoms with Crippen molar-refractivity contribution >= 4 is 5.91 Å². The lowest BCUT2D eigenvalue weighted by Gasteiger charge is -2.21. The molecule has 0 radical (unpaired) electrons. The number of hydrogen-bond donors (Lipinski definition) is 2. The van der Waals surface area contributed by atoms with Gasteiger partial charge in [-0.1, -0.05) is 44.2 Å². The molecule has 1 amide bonds. The Morgan fingerprint density at radius 2 is 2.14 bits per heavy atom. The number of benzene rings is 1. The predicted octanol–water partition coefficient (Wildman–Crippen LogP) is 2.55. The van der Waals surface area contributed by atoms with Crippen LogP contribution in [-0.2, 0) is 0 Å². The summed E-state index contributed by atoms with van der Waals surface area (Å²) in [4.78, 5) is 12.5. The van der Waals surface area contributed by atoms with Gasteiger partial charge in [-0.25, -0.2) is 0 Å². The van der Waals surface area contributed by atoms with Crippen molar-refractivity contribution < 1.29 is 4.79 Å². The second kappa shape index (κ2) is 7.28. The molecule has 1 aliphatic rings. The summed E-state index contributed by atoms with van der Waals surface area (Å²) >= 11 is 0.